The van der Waals surface area contributed by atoms with Gasteiger partial charge in [-0.15, -0.1) is 10.2 Å². The number of H-pyrrole nitrogens is 1. The second kappa shape index (κ2) is 7.86. The molecular weight excluding hydrogens is 392 g/mol. The van der Waals surface area contributed by atoms with E-state index in [4.69, 9.17) is 4.74 Å². The van der Waals surface area contributed by atoms with Gasteiger partial charge >= 0.3 is 0 Å². The number of methoxy groups -OCH3 is 1. The minimum absolute atomic E-state index is 0.207. The summed E-state index contributed by atoms with van der Waals surface area (Å²) in [5.41, 5.74) is 1.74. The number of fused-ring (bicyclic) bond motifs is 1. The molecule has 4 aromatic rings. The van der Waals surface area contributed by atoms with Crippen molar-refractivity contribution in [1.29, 1.82) is 0 Å². The van der Waals surface area contributed by atoms with E-state index >= 15 is 0 Å². The van der Waals surface area contributed by atoms with Crippen LogP contribution in [0.5, 0.6) is 5.75 Å². The van der Waals surface area contributed by atoms with Crippen LogP contribution in [-0.2, 0) is 7.05 Å². The van der Waals surface area contributed by atoms with Crippen LogP contribution in [0, 0.1) is 0 Å². The first-order valence-electron chi connectivity index (χ1n) is 10.4. The van der Waals surface area contributed by atoms with E-state index in [9.17, 15) is 4.79 Å². The minimum Gasteiger partial charge on any atom is -0.497 e. The molecule has 8 nitrogen and oxygen atoms in total. The lowest BCUT2D eigenvalue weighted by Crippen LogP contribution is -2.34. The normalized spacial score (nSPS) is 14.8. The highest BCUT2D eigenvalue weighted by molar-refractivity contribution is 5.92. The zero-order chi connectivity index (χ0) is 21.4. The molecule has 1 N–H and O–H groups in total. The van der Waals surface area contributed by atoms with Crippen molar-refractivity contribution >= 4 is 16.7 Å². The van der Waals surface area contributed by atoms with Gasteiger partial charge in [-0.1, -0.05) is 30.3 Å². The summed E-state index contributed by atoms with van der Waals surface area (Å²) in [5.74, 6) is 2.86. The van der Waals surface area contributed by atoms with Gasteiger partial charge in [-0.2, -0.15) is 5.10 Å². The third kappa shape index (κ3) is 3.43. The lowest BCUT2D eigenvalue weighted by Gasteiger charge is -2.32. The van der Waals surface area contributed by atoms with E-state index in [-0.39, 0.29) is 5.56 Å². The molecule has 1 fully saturated rings. The molecule has 158 valence electrons. The fourth-order valence-electron chi connectivity index (χ4n) is 4.40. The highest BCUT2D eigenvalue weighted by atomic mass is 16.5. The van der Waals surface area contributed by atoms with E-state index < -0.39 is 0 Å². The molecule has 8 heteroatoms. The van der Waals surface area contributed by atoms with Crippen LogP contribution in [0.4, 0.5) is 5.95 Å². The Balaban J connectivity index is 1.39. The fraction of sp³-hybridized carbons (Fsp3) is 0.304. The Morgan fingerprint density at radius 1 is 1.03 bits per heavy atom. The SMILES string of the molecule is COc1cccc(C2CCN(c3nnc(-c4n[nH]c(=O)c5ccccc45)n3C)CC2)c1. The maximum atomic E-state index is 12.1. The van der Waals surface area contributed by atoms with Gasteiger partial charge < -0.3 is 9.64 Å². The first-order chi connectivity index (χ1) is 15.2. The molecule has 1 saturated heterocycles. The number of aromatic amines is 1. The van der Waals surface area contributed by atoms with Crippen LogP contribution in [0.1, 0.15) is 24.3 Å². The summed E-state index contributed by atoms with van der Waals surface area (Å²) in [6, 6.07) is 15.8. The smallest absolute Gasteiger partial charge is 0.272 e. The Morgan fingerprint density at radius 3 is 2.58 bits per heavy atom. The fourth-order valence-corrected chi connectivity index (χ4v) is 4.40. The molecule has 1 aliphatic rings. The monoisotopic (exact) mass is 416 g/mol. The van der Waals surface area contributed by atoms with Crippen molar-refractivity contribution in [1.82, 2.24) is 25.0 Å². The van der Waals surface area contributed by atoms with Crippen LogP contribution in [0.15, 0.2) is 53.3 Å². The average molecular weight is 416 g/mol. The first-order valence-corrected chi connectivity index (χ1v) is 10.4. The van der Waals surface area contributed by atoms with E-state index in [1.165, 1.54) is 5.56 Å². The molecular formula is C23H24N6O2. The number of hydrogen-bond donors (Lipinski definition) is 1. The molecule has 0 aliphatic carbocycles. The summed E-state index contributed by atoms with van der Waals surface area (Å²) < 4.78 is 7.33. The molecule has 2 aromatic carbocycles. The molecule has 3 heterocycles. The van der Waals surface area contributed by atoms with Gasteiger partial charge in [0.05, 0.1) is 12.5 Å². The van der Waals surface area contributed by atoms with Gasteiger partial charge in [0.25, 0.3) is 5.56 Å². The number of aromatic nitrogens is 5. The van der Waals surface area contributed by atoms with Gasteiger partial charge in [-0.25, -0.2) is 5.10 Å². The summed E-state index contributed by atoms with van der Waals surface area (Å²) in [5, 5.41) is 17.1. The molecule has 1 aliphatic heterocycles. The zero-order valence-corrected chi connectivity index (χ0v) is 17.6. The summed E-state index contributed by atoms with van der Waals surface area (Å²) in [6.07, 6.45) is 2.07. The van der Waals surface area contributed by atoms with Crippen molar-refractivity contribution < 1.29 is 4.74 Å². The maximum Gasteiger partial charge on any atom is 0.272 e. The number of nitrogens with one attached hydrogen (secondary N) is 1. The first kappa shape index (κ1) is 19.3. The van der Waals surface area contributed by atoms with E-state index in [2.05, 4.69) is 43.5 Å². The Labute approximate surface area is 179 Å². The van der Waals surface area contributed by atoms with Gasteiger partial charge in [0.15, 0.2) is 5.82 Å². The molecule has 0 saturated carbocycles. The zero-order valence-electron chi connectivity index (χ0n) is 17.6. The van der Waals surface area contributed by atoms with Crippen LogP contribution in [-0.4, -0.2) is 45.2 Å². The van der Waals surface area contributed by atoms with Crippen molar-refractivity contribution in [3.8, 4) is 17.3 Å². The molecule has 0 atom stereocenters. The molecule has 0 spiro atoms. The van der Waals surface area contributed by atoms with Crippen LogP contribution in [0.25, 0.3) is 22.3 Å². The molecule has 0 radical (unpaired) electrons. The molecule has 0 amide bonds. The number of anilines is 1. The summed E-state index contributed by atoms with van der Waals surface area (Å²) in [6.45, 7) is 1.79. The van der Waals surface area contributed by atoms with Crippen LogP contribution in [0.2, 0.25) is 0 Å². The van der Waals surface area contributed by atoms with Gasteiger partial charge in [0.2, 0.25) is 5.95 Å². The van der Waals surface area contributed by atoms with Gasteiger partial charge in [0, 0.05) is 25.5 Å². The minimum atomic E-state index is -0.207. The number of nitrogens with zero attached hydrogens (tertiary/aromatic N) is 5. The molecule has 5 rings (SSSR count). The highest BCUT2D eigenvalue weighted by Gasteiger charge is 2.25. The lowest BCUT2D eigenvalue weighted by atomic mass is 9.89. The lowest BCUT2D eigenvalue weighted by molar-refractivity contribution is 0.412. The molecule has 2 aromatic heterocycles. The van der Waals surface area contributed by atoms with Gasteiger partial charge in [0.1, 0.15) is 11.4 Å². The second-order valence-electron chi connectivity index (χ2n) is 7.87. The molecule has 0 bridgehead atoms. The predicted molar refractivity (Wildman–Crippen MR) is 120 cm³/mol. The van der Waals surface area contributed by atoms with Gasteiger partial charge in [-0.05, 0) is 42.5 Å². The van der Waals surface area contributed by atoms with Crippen molar-refractivity contribution in [3.05, 3.63) is 64.4 Å². The third-order valence-corrected chi connectivity index (χ3v) is 6.10. The maximum absolute atomic E-state index is 12.1. The highest BCUT2D eigenvalue weighted by Crippen LogP contribution is 2.32. The van der Waals surface area contributed by atoms with Crippen molar-refractivity contribution in [2.75, 3.05) is 25.1 Å². The van der Waals surface area contributed by atoms with Crippen molar-refractivity contribution in [2.45, 2.75) is 18.8 Å². The number of benzene rings is 2. The second-order valence-corrected chi connectivity index (χ2v) is 7.87. The Bertz CT molecular complexity index is 1290. The Morgan fingerprint density at radius 2 is 1.81 bits per heavy atom. The number of ether oxygens (including phenoxy) is 1. The Hall–Kier alpha value is -3.68. The van der Waals surface area contributed by atoms with Crippen LogP contribution >= 0.6 is 0 Å². The molecule has 31 heavy (non-hydrogen) atoms. The third-order valence-electron chi connectivity index (χ3n) is 6.10. The average Bonchev–Trinajstić information content (AvgIpc) is 3.20. The predicted octanol–water partition coefficient (Wildman–Crippen LogP) is 3.11. The van der Waals surface area contributed by atoms with E-state index in [0.717, 1.165) is 43.0 Å². The summed E-state index contributed by atoms with van der Waals surface area (Å²) in [7, 11) is 3.65. The van der Waals surface area contributed by atoms with E-state index in [1.54, 1.807) is 13.2 Å². The summed E-state index contributed by atoms with van der Waals surface area (Å²) in [4.78, 5) is 14.4. The van der Waals surface area contributed by atoms with Crippen molar-refractivity contribution in [2.24, 2.45) is 7.05 Å². The van der Waals surface area contributed by atoms with Gasteiger partial charge in [-0.3, -0.25) is 9.36 Å². The van der Waals surface area contributed by atoms with Crippen LogP contribution < -0.4 is 15.2 Å². The quantitative estimate of drug-likeness (QED) is 0.550. The number of piperidine rings is 1. The standard InChI is InChI=1S/C23H24N6O2/c1-28-21(20-18-8-3-4-9-19(18)22(30)26-24-20)25-27-23(28)29-12-10-15(11-13-29)16-6-5-7-17(14-16)31-2/h3-9,14-15H,10-13H2,1-2H3,(H,26,30). The van der Waals surface area contributed by atoms with E-state index in [1.807, 2.05) is 35.9 Å². The van der Waals surface area contributed by atoms with Crippen molar-refractivity contribution in [3.63, 3.8) is 0 Å². The largest absolute Gasteiger partial charge is 0.497 e. The topological polar surface area (TPSA) is 88.9 Å². The van der Waals surface area contributed by atoms with E-state index in [0.29, 0.717) is 22.8 Å². The number of rotatable bonds is 4. The molecule has 0 unspecified atom stereocenters. The number of hydrogen-bond acceptors (Lipinski definition) is 6. The summed E-state index contributed by atoms with van der Waals surface area (Å²) >= 11 is 0. The van der Waals surface area contributed by atoms with Crippen LogP contribution in [0.3, 0.4) is 0 Å². The Kier molecular flexibility index (Phi) is 4.89.